The van der Waals surface area contributed by atoms with E-state index in [0.29, 0.717) is 32.9 Å². The third kappa shape index (κ3) is 4.12. The zero-order chi connectivity index (χ0) is 19.6. The van der Waals surface area contributed by atoms with E-state index in [-0.39, 0.29) is 24.8 Å². The highest BCUT2D eigenvalue weighted by molar-refractivity contribution is 6.42. The summed E-state index contributed by atoms with van der Waals surface area (Å²) in [5.41, 5.74) is 1.13. The molecule has 2 aromatic carbocycles. The second-order valence-corrected chi connectivity index (χ2v) is 6.88. The van der Waals surface area contributed by atoms with E-state index in [9.17, 15) is 9.59 Å². The second kappa shape index (κ2) is 8.06. The molecule has 8 heteroatoms. The van der Waals surface area contributed by atoms with Gasteiger partial charge in [-0.05, 0) is 30.3 Å². The van der Waals surface area contributed by atoms with Crippen molar-refractivity contribution in [1.29, 1.82) is 0 Å². The van der Waals surface area contributed by atoms with Crippen molar-refractivity contribution in [3.05, 3.63) is 46.4 Å². The molecule has 0 radical (unpaired) electrons. The van der Waals surface area contributed by atoms with Gasteiger partial charge in [-0.15, -0.1) is 0 Å². The second-order valence-electron chi connectivity index (χ2n) is 6.06. The Hall–Kier alpha value is -2.44. The number of rotatable bonds is 5. The molecule has 0 aromatic heterocycles. The van der Waals surface area contributed by atoms with Gasteiger partial charge in [0.1, 0.15) is 11.5 Å². The number of methoxy groups -OCH3 is 2. The standard InChI is InChI=1S/C19H18Cl2N2O4/c1-26-13-4-6-16(17(9-13)27-2)23-10-11(7-18(23)24)19(25)22-12-3-5-14(20)15(21)8-12/h3-6,8-9,11H,7,10H2,1-2H3,(H,22,25)/t11-/m1/s1. The Kier molecular flexibility index (Phi) is 5.77. The van der Waals surface area contributed by atoms with Gasteiger partial charge < -0.3 is 19.7 Å². The van der Waals surface area contributed by atoms with Crippen LogP contribution in [0.25, 0.3) is 0 Å². The number of benzene rings is 2. The minimum Gasteiger partial charge on any atom is -0.497 e. The first kappa shape index (κ1) is 19.3. The number of hydrogen-bond acceptors (Lipinski definition) is 4. The molecule has 27 heavy (non-hydrogen) atoms. The molecule has 3 rings (SSSR count). The topological polar surface area (TPSA) is 67.9 Å². The Morgan fingerprint density at radius 2 is 1.89 bits per heavy atom. The molecule has 0 aliphatic carbocycles. The normalized spacial score (nSPS) is 16.4. The van der Waals surface area contributed by atoms with Crippen molar-refractivity contribution in [3.8, 4) is 11.5 Å². The first-order chi connectivity index (χ1) is 12.9. The highest BCUT2D eigenvalue weighted by atomic mass is 35.5. The fraction of sp³-hybridized carbons (Fsp3) is 0.263. The van der Waals surface area contributed by atoms with Gasteiger partial charge >= 0.3 is 0 Å². The lowest BCUT2D eigenvalue weighted by Gasteiger charge is -2.20. The lowest BCUT2D eigenvalue weighted by atomic mass is 10.1. The highest BCUT2D eigenvalue weighted by Crippen LogP contribution is 2.36. The van der Waals surface area contributed by atoms with Gasteiger partial charge in [-0.2, -0.15) is 0 Å². The number of ether oxygens (including phenoxy) is 2. The molecule has 0 unspecified atom stereocenters. The maximum Gasteiger partial charge on any atom is 0.229 e. The number of nitrogens with one attached hydrogen (secondary N) is 1. The Bertz CT molecular complexity index is 888. The van der Waals surface area contributed by atoms with E-state index >= 15 is 0 Å². The van der Waals surface area contributed by atoms with Gasteiger partial charge in [-0.1, -0.05) is 23.2 Å². The first-order valence-electron chi connectivity index (χ1n) is 8.21. The van der Waals surface area contributed by atoms with Crippen LogP contribution in [0.1, 0.15) is 6.42 Å². The van der Waals surface area contributed by atoms with E-state index in [0.717, 1.165) is 0 Å². The van der Waals surface area contributed by atoms with Gasteiger partial charge in [0.25, 0.3) is 0 Å². The molecule has 1 aliphatic heterocycles. The number of hydrogen-bond donors (Lipinski definition) is 1. The fourth-order valence-corrected chi connectivity index (χ4v) is 3.24. The van der Waals surface area contributed by atoms with E-state index in [1.807, 2.05) is 0 Å². The van der Waals surface area contributed by atoms with Crippen LogP contribution in [-0.4, -0.2) is 32.6 Å². The minimum atomic E-state index is -0.487. The predicted molar refractivity (Wildman–Crippen MR) is 105 cm³/mol. The molecule has 0 saturated carbocycles. The monoisotopic (exact) mass is 408 g/mol. The Labute approximate surface area is 167 Å². The van der Waals surface area contributed by atoms with Gasteiger partial charge in [0.05, 0.1) is 35.9 Å². The zero-order valence-electron chi connectivity index (χ0n) is 14.8. The molecule has 1 aliphatic rings. The Morgan fingerprint density at radius 3 is 2.56 bits per heavy atom. The molecule has 1 heterocycles. The summed E-state index contributed by atoms with van der Waals surface area (Å²) in [6.07, 6.45) is 0.113. The number of amides is 2. The summed E-state index contributed by atoms with van der Waals surface area (Å²) in [7, 11) is 3.08. The molecule has 0 spiro atoms. The van der Waals surface area contributed by atoms with Crippen LogP contribution in [0, 0.1) is 5.92 Å². The number of carbonyl (C=O) groups excluding carboxylic acids is 2. The van der Waals surface area contributed by atoms with Crippen molar-refractivity contribution in [3.63, 3.8) is 0 Å². The van der Waals surface area contributed by atoms with E-state index in [2.05, 4.69) is 5.32 Å². The molecule has 1 saturated heterocycles. The molecule has 1 N–H and O–H groups in total. The fourth-order valence-electron chi connectivity index (χ4n) is 2.94. The lowest BCUT2D eigenvalue weighted by molar-refractivity contribution is -0.122. The van der Waals surface area contributed by atoms with Gasteiger partial charge in [0.2, 0.25) is 11.8 Å². The molecule has 0 bridgehead atoms. The van der Waals surface area contributed by atoms with Gasteiger partial charge in [-0.25, -0.2) is 0 Å². The molecular weight excluding hydrogens is 391 g/mol. The van der Waals surface area contributed by atoms with Crippen molar-refractivity contribution < 1.29 is 19.1 Å². The maximum atomic E-state index is 12.6. The SMILES string of the molecule is COc1ccc(N2C[C@H](C(=O)Nc3ccc(Cl)c(Cl)c3)CC2=O)c(OC)c1. The third-order valence-electron chi connectivity index (χ3n) is 4.36. The maximum absolute atomic E-state index is 12.6. The smallest absolute Gasteiger partial charge is 0.229 e. The van der Waals surface area contributed by atoms with Crippen molar-refractivity contribution in [2.24, 2.45) is 5.92 Å². The summed E-state index contributed by atoms with van der Waals surface area (Å²) in [5.74, 6) is 0.243. The van der Waals surface area contributed by atoms with Gasteiger partial charge in [-0.3, -0.25) is 9.59 Å². The summed E-state index contributed by atoms with van der Waals surface area (Å²) in [6.45, 7) is 0.259. The molecule has 142 valence electrons. The van der Waals surface area contributed by atoms with Crippen molar-refractivity contribution in [2.75, 3.05) is 31.0 Å². The van der Waals surface area contributed by atoms with Crippen molar-refractivity contribution >= 4 is 46.4 Å². The number of nitrogens with zero attached hydrogens (tertiary/aromatic N) is 1. The van der Waals surface area contributed by atoms with Crippen molar-refractivity contribution in [1.82, 2.24) is 0 Å². The largest absolute Gasteiger partial charge is 0.497 e. The van der Waals surface area contributed by atoms with Crippen LogP contribution in [0.2, 0.25) is 10.0 Å². The Morgan fingerprint density at radius 1 is 1.11 bits per heavy atom. The Balaban J connectivity index is 1.75. The van der Waals surface area contributed by atoms with Gasteiger partial charge in [0, 0.05) is 24.7 Å². The van der Waals surface area contributed by atoms with Crippen LogP contribution in [0.15, 0.2) is 36.4 Å². The van der Waals surface area contributed by atoms with Crippen LogP contribution in [-0.2, 0) is 9.59 Å². The summed E-state index contributed by atoms with van der Waals surface area (Å²) in [4.78, 5) is 26.6. The zero-order valence-corrected chi connectivity index (χ0v) is 16.3. The van der Waals surface area contributed by atoms with Crippen LogP contribution in [0.5, 0.6) is 11.5 Å². The quantitative estimate of drug-likeness (QED) is 0.811. The summed E-state index contributed by atoms with van der Waals surface area (Å²) in [6, 6.07) is 10.0. The average Bonchev–Trinajstić information content (AvgIpc) is 3.05. The lowest BCUT2D eigenvalue weighted by Crippen LogP contribution is -2.28. The summed E-state index contributed by atoms with van der Waals surface area (Å²) in [5, 5.41) is 3.53. The summed E-state index contributed by atoms with van der Waals surface area (Å²) < 4.78 is 10.5. The van der Waals surface area contributed by atoms with E-state index in [4.69, 9.17) is 32.7 Å². The van der Waals surface area contributed by atoms with Gasteiger partial charge in [0.15, 0.2) is 0 Å². The third-order valence-corrected chi connectivity index (χ3v) is 5.10. The van der Waals surface area contributed by atoms with E-state index < -0.39 is 5.92 Å². The van der Waals surface area contributed by atoms with Crippen LogP contribution < -0.4 is 19.7 Å². The average molecular weight is 409 g/mol. The van der Waals surface area contributed by atoms with Crippen LogP contribution >= 0.6 is 23.2 Å². The number of anilines is 2. The number of carbonyl (C=O) groups is 2. The van der Waals surface area contributed by atoms with E-state index in [1.165, 1.54) is 7.11 Å². The van der Waals surface area contributed by atoms with Crippen LogP contribution in [0.3, 0.4) is 0 Å². The highest BCUT2D eigenvalue weighted by Gasteiger charge is 2.36. The first-order valence-corrected chi connectivity index (χ1v) is 8.97. The molecule has 6 nitrogen and oxygen atoms in total. The molecule has 1 fully saturated rings. The molecule has 2 amide bonds. The predicted octanol–water partition coefficient (Wildman–Crippen LogP) is 4.00. The number of halogens is 2. The molecular formula is C19H18Cl2N2O4. The molecule has 1 atom stereocenters. The summed E-state index contributed by atoms with van der Waals surface area (Å²) >= 11 is 11.9. The minimum absolute atomic E-state index is 0.113. The van der Waals surface area contributed by atoms with Crippen LogP contribution in [0.4, 0.5) is 11.4 Å². The van der Waals surface area contributed by atoms with E-state index in [1.54, 1.807) is 48.4 Å². The van der Waals surface area contributed by atoms with Crippen molar-refractivity contribution in [2.45, 2.75) is 6.42 Å². The molecule has 2 aromatic rings.